The number of aliphatic hydroxyl groups excluding tert-OH is 1. The molecule has 0 spiro atoms. The predicted molar refractivity (Wildman–Crippen MR) is 171 cm³/mol. The first-order chi connectivity index (χ1) is 19.9. The van der Waals surface area contributed by atoms with Gasteiger partial charge in [0, 0.05) is 13.0 Å². The van der Waals surface area contributed by atoms with E-state index in [4.69, 9.17) is 14.8 Å². The van der Waals surface area contributed by atoms with Crippen molar-refractivity contribution in [1.29, 1.82) is 0 Å². The smallest absolute Gasteiger partial charge is 0.391 e. The molecule has 8 nitrogen and oxygen atoms in total. The van der Waals surface area contributed by atoms with E-state index in [1.807, 2.05) is 0 Å². The summed E-state index contributed by atoms with van der Waals surface area (Å²) in [6.45, 7) is 4.13. The van der Waals surface area contributed by atoms with E-state index >= 15 is 0 Å². The molecule has 3 unspecified atom stereocenters. The van der Waals surface area contributed by atoms with Gasteiger partial charge >= 0.3 is 7.82 Å². The number of carbonyl (C=O) groups excluding carboxylic acids is 1. The first kappa shape index (κ1) is 40.2. The van der Waals surface area contributed by atoms with Gasteiger partial charge in [0.05, 0.1) is 25.4 Å². The van der Waals surface area contributed by atoms with Crippen LogP contribution in [0, 0.1) is 0 Å². The Bertz CT molecular complexity index is 664. The summed E-state index contributed by atoms with van der Waals surface area (Å²) < 4.78 is 22.0. The summed E-state index contributed by atoms with van der Waals surface area (Å²) in [7, 11) is -4.30. The molecule has 0 aliphatic heterocycles. The van der Waals surface area contributed by atoms with Gasteiger partial charge in [0.25, 0.3) is 0 Å². The number of nitrogens with two attached hydrogens (primary N) is 1. The highest BCUT2D eigenvalue weighted by Gasteiger charge is 2.27. The second kappa shape index (κ2) is 29.3. The first-order valence-electron chi connectivity index (χ1n) is 16.8. The maximum Gasteiger partial charge on any atom is 0.472 e. The molecule has 0 heterocycles. The quantitative estimate of drug-likeness (QED) is 0.0357. The van der Waals surface area contributed by atoms with E-state index < -0.39 is 20.0 Å². The van der Waals surface area contributed by atoms with Gasteiger partial charge in [-0.1, -0.05) is 122 Å². The van der Waals surface area contributed by atoms with Crippen molar-refractivity contribution in [3.05, 3.63) is 12.2 Å². The second-order valence-electron chi connectivity index (χ2n) is 11.4. The third-order valence-electron chi connectivity index (χ3n) is 7.37. The zero-order chi connectivity index (χ0) is 30.4. The normalized spacial score (nSPS) is 14.8. The molecule has 0 rings (SSSR count). The minimum absolute atomic E-state index is 0.0885. The number of carbonyl (C=O) groups is 1. The van der Waals surface area contributed by atoms with Crippen molar-refractivity contribution in [1.82, 2.24) is 5.32 Å². The Hall–Kier alpha value is -0.760. The molecule has 0 aromatic heterocycles. The number of phosphoric ester groups is 1. The molecule has 0 aliphatic carbocycles. The van der Waals surface area contributed by atoms with E-state index in [2.05, 4.69) is 31.3 Å². The van der Waals surface area contributed by atoms with E-state index in [0.29, 0.717) is 12.8 Å². The Kier molecular flexibility index (Phi) is 28.8. The zero-order valence-electron chi connectivity index (χ0n) is 26.5. The molecule has 0 saturated carbocycles. The number of nitrogens with one attached hydrogen (secondary N) is 1. The largest absolute Gasteiger partial charge is 0.472 e. The van der Waals surface area contributed by atoms with Gasteiger partial charge in [0.2, 0.25) is 5.91 Å². The Balaban J connectivity index is 4.34. The van der Waals surface area contributed by atoms with Gasteiger partial charge in [-0.3, -0.25) is 13.8 Å². The van der Waals surface area contributed by atoms with E-state index in [0.717, 1.165) is 51.4 Å². The number of phosphoric acid groups is 1. The fraction of sp³-hybridized carbons (Fsp3) is 0.906. The van der Waals surface area contributed by atoms with Crippen LogP contribution in [0.25, 0.3) is 0 Å². The van der Waals surface area contributed by atoms with Crippen LogP contribution < -0.4 is 11.1 Å². The molecule has 1 amide bonds. The highest BCUT2D eigenvalue weighted by molar-refractivity contribution is 7.47. The van der Waals surface area contributed by atoms with Crippen molar-refractivity contribution in [3.8, 4) is 0 Å². The zero-order valence-corrected chi connectivity index (χ0v) is 27.4. The number of amides is 1. The third kappa shape index (κ3) is 27.8. The Morgan fingerprint density at radius 1 is 0.780 bits per heavy atom. The maximum atomic E-state index is 12.6. The summed E-state index contributed by atoms with van der Waals surface area (Å²) in [5.74, 6) is -0.175. The summed E-state index contributed by atoms with van der Waals surface area (Å²) in [5, 5.41) is 13.6. The number of unbranched alkanes of at least 4 members (excludes halogenated alkanes) is 17. The average molecular weight is 605 g/mol. The lowest BCUT2D eigenvalue weighted by atomic mass is 10.0. The highest BCUT2D eigenvalue weighted by Crippen LogP contribution is 2.43. The average Bonchev–Trinajstić information content (AvgIpc) is 2.95. The number of hydrogen-bond acceptors (Lipinski definition) is 6. The lowest BCUT2D eigenvalue weighted by Crippen LogP contribution is -2.46. The number of allylic oxidation sites excluding steroid dienone is 2. The van der Waals surface area contributed by atoms with Crippen LogP contribution in [0.5, 0.6) is 0 Å². The van der Waals surface area contributed by atoms with E-state index in [1.54, 1.807) is 0 Å². The lowest BCUT2D eigenvalue weighted by Gasteiger charge is -2.25. The van der Waals surface area contributed by atoms with Gasteiger partial charge < -0.3 is 21.1 Å². The SMILES string of the molecule is CCCCC/C=C\CCCCCCCC(=O)NC(COP(=O)(O)OCCN)C(O)CCCCCCCCCCCC. The molecule has 5 N–H and O–H groups in total. The summed E-state index contributed by atoms with van der Waals surface area (Å²) in [4.78, 5) is 22.5. The van der Waals surface area contributed by atoms with Crippen molar-refractivity contribution in [2.24, 2.45) is 5.73 Å². The summed E-state index contributed by atoms with van der Waals surface area (Å²) in [6.07, 6.45) is 27.8. The minimum atomic E-state index is -4.30. The molecule has 0 radical (unpaired) electrons. The van der Waals surface area contributed by atoms with Crippen LogP contribution in [-0.4, -0.2) is 47.8 Å². The summed E-state index contributed by atoms with van der Waals surface area (Å²) >= 11 is 0. The minimum Gasteiger partial charge on any atom is -0.391 e. The Morgan fingerprint density at radius 3 is 1.85 bits per heavy atom. The van der Waals surface area contributed by atoms with Crippen LogP contribution in [0.2, 0.25) is 0 Å². The van der Waals surface area contributed by atoms with Crippen molar-refractivity contribution >= 4 is 13.7 Å². The standard InChI is InChI=1S/C32H65N2O6P/c1-3-5-7-9-11-13-15-16-18-20-22-24-26-32(36)34-30(29-40-41(37,38)39-28-27-33)31(35)25-23-21-19-17-14-12-10-8-6-4-2/h11,13,30-31,35H,3-10,12,14-29,33H2,1-2H3,(H,34,36)(H,37,38)/b13-11-. The molecule has 0 fully saturated rings. The van der Waals surface area contributed by atoms with Gasteiger partial charge in [-0.15, -0.1) is 0 Å². The Morgan fingerprint density at radius 2 is 1.27 bits per heavy atom. The molecule has 9 heteroatoms. The highest BCUT2D eigenvalue weighted by atomic mass is 31.2. The van der Waals surface area contributed by atoms with Crippen molar-refractivity contribution in [3.63, 3.8) is 0 Å². The monoisotopic (exact) mass is 604 g/mol. The van der Waals surface area contributed by atoms with E-state index in [9.17, 15) is 19.4 Å². The van der Waals surface area contributed by atoms with E-state index in [-0.39, 0.29) is 25.7 Å². The number of aliphatic hydroxyl groups is 1. The fourth-order valence-corrected chi connectivity index (χ4v) is 5.54. The molecule has 3 atom stereocenters. The molecule has 244 valence electrons. The fourth-order valence-electron chi connectivity index (χ4n) is 4.78. The molecule has 0 aromatic rings. The summed E-state index contributed by atoms with van der Waals surface area (Å²) in [5.41, 5.74) is 5.34. The van der Waals surface area contributed by atoms with Gasteiger partial charge in [-0.2, -0.15) is 0 Å². The van der Waals surface area contributed by atoms with Crippen molar-refractivity contribution in [2.45, 2.75) is 167 Å². The molecule has 0 aromatic carbocycles. The van der Waals surface area contributed by atoms with Gasteiger partial charge in [0.1, 0.15) is 0 Å². The predicted octanol–water partition coefficient (Wildman–Crippen LogP) is 8.10. The van der Waals surface area contributed by atoms with Crippen LogP contribution >= 0.6 is 7.82 Å². The van der Waals surface area contributed by atoms with Gasteiger partial charge in [0.15, 0.2) is 0 Å². The molecule has 0 saturated heterocycles. The first-order valence-corrected chi connectivity index (χ1v) is 18.3. The summed E-state index contributed by atoms with van der Waals surface area (Å²) in [6, 6.07) is -0.771. The molecular formula is C32H65N2O6P. The molecule has 0 bridgehead atoms. The van der Waals surface area contributed by atoms with Crippen molar-refractivity contribution in [2.75, 3.05) is 19.8 Å². The lowest BCUT2D eigenvalue weighted by molar-refractivity contribution is -0.123. The third-order valence-corrected chi connectivity index (χ3v) is 8.35. The second-order valence-corrected chi connectivity index (χ2v) is 12.8. The molecule has 0 aliphatic rings. The molecule has 41 heavy (non-hydrogen) atoms. The van der Waals surface area contributed by atoms with Crippen LogP contribution in [0.4, 0.5) is 0 Å². The number of hydrogen-bond donors (Lipinski definition) is 4. The van der Waals surface area contributed by atoms with Crippen LogP contribution in [0.3, 0.4) is 0 Å². The number of rotatable bonds is 31. The Labute approximate surface area is 252 Å². The van der Waals surface area contributed by atoms with Crippen LogP contribution in [-0.2, 0) is 18.4 Å². The topological polar surface area (TPSA) is 131 Å². The van der Waals surface area contributed by atoms with E-state index in [1.165, 1.54) is 77.0 Å². The van der Waals surface area contributed by atoms with Crippen LogP contribution in [0.1, 0.15) is 155 Å². The van der Waals surface area contributed by atoms with Crippen LogP contribution in [0.15, 0.2) is 12.2 Å². The van der Waals surface area contributed by atoms with Gasteiger partial charge in [-0.05, 0) is 38.5 Å². The molecular weight excluding hydrogens is 539 g/mol. The van der Waals surface area contributed by atoms with Gasteiger partial charge in [-0.25, -0.2) is 4.57 Å². The maximum absolute atomic E-state index is 12.6. The van der Waals surface area contributed by atoms with Crippen molar-refractivity contribution < 1.29 is 28.4 Å².